The van der Waals surface area contributed by atoms with E-state index < -0.39 is 15.8 Å². The first kappa shape index (κ1) is 20.4. The summed E-state index contributed by atoms with van der Waals surface area (Å²) in [7, 11) is -1.86. The van der Waals surface area contributed by atoms with E-state index in [4.69, 9.17) is 5.73 Å². The lowest BCUT2D eigenvalue weighted by molar-refractivity contribution is 0.606. The number of hydrogen-bond donors (Lipinski definition) is 4. The molecule has 11 heteroatoms. The zero-order chi connectivity index (χ0) is 21.6. The second-order valence-corrected chi connectivity index (χ2v) is 9.09. The Hall–Kier alpha value is -2.92. The second kappa shape index (κ2) is 7.40. The van der Waals surface area contributed by atoms with Crippen LogP contribution in [-0.2, 0) is 10.0 Å². The van der Waals surface area contributed by atoms with Crippen LogP contribution in [0.25, 0.3) is 21.9 Å². The third-order valence-electron chi connectivity index (χ3n) is 5.29. The van der Waals surface area contributed by atoms with E-state index in [0.29, 0.717) is 53.1 Å². The maximum atomic E-state index is 14.3. The van der Waals surface area contributed by atoms with Crippen molar-refractivity contribution in [3.05, 3.63) is 29.1 Å². The molecule has 5 N–H and O–H groups in total. The molecule has 0 aliphatic carbocycles. The first-order valence-corrected chi connectivity index (χ1v) is 11.5. The van der Waals surface area contributed by atoms with E-state index in [1.807, 2.05) is 4.90 Å². The average Bonchev–Trinajstić information content (AvgIpc) is 3.00. The van der Waals surface area contributed by atoms with Gasteiger partial charge in [-0.3, -0.25) is 4.72 Å². The second-order valence-electron chi connectivity index (χ2n) is 7.34. The molecule has 0 unspecified atom stereocenters. The minimum Gasteiger partial charge on any atom is -0.386 e. The lowest BCUT2D eigenvalue weighted by Gasteiger charge is -2.37. The summed E-state index contributed by atoms with van der Waals surface area (Å²) in [5, 5.41) is 4.24. The lowest BCUT2D eigenvalue weighted by Crippen LogP contribution is -2.42. The number of benzene rings is 1. The predicted octanol–water partition coefficient (Wildman–Crippen LogP) is 2.15. The predicted molar refractivity (Wildman–Crippen MR) is 118 cm³/mol. The molecule has 3 heterocycles. The fourth-order valence-electron chi connectivity index (χ4n) is 3.81. The third kappa shape index (κ3) is 3.54. The fourth-order valence-corrected chi connectivity index (χ4v) is 4.23. The van der Waals surface area contributed by atoms with Crippen LogP contribution in [0, 0.1) is 5.82 Å². The minimum absolute atomic E-state index is 0.0370. The highest BCUT2D eigenvalue weighted by Gasteiger charge is 2.28. The van der Waals surface area contributed by atoms with Gasteiger partial charge in [0, 0.05) is 32.1 Å². The van der Waals surface area contributed by atoms with Gasteiger partial charge in [-0.1, -0.05) is 12.5 Å². The Morgan fingerprint density at radius 3 is 2.67 bits per heavy atom. The monoisotopic (exact) mass is 433 g/mol. The molecule has 0 bridgehead atoms. The quantitative estimate of drug-likeness (QED) is 0.438. The van der Waals surface area contributed by atoms with Gasteiger partial charge in [0.05, 0.1) is 22.8 Å². The molecule has 0 saturated carbocycles. The Morgan fingerprint density at radius 1 is 1.33 bits per heavy atom. The minimum atomic E-state index is -3.56. The molecule has 0 atom stereocenters. The van der Waals surface area contributed by atoms with Crippen molar-refractivity contribution >= 4 is 49.4 Å². The van der Waals surface area contributed by atoms with Crippen LogP contribution in [0.15, 0.2) is 23.3 Å². The van der Waals surface area contributed by atoms with Gasteiger partial charge in [0.2, 0.25) is 16.0 Å². The maximum absolute atomic E-state index is 14.3. The molecule has 3 aromatic rings. The van der Waals surface area contributed by atoms with E-state index in [1.54, 1.807) is 7.05 Å². The molecule has 9 nitrogen and oxygen atoms in total. The molecule has 1 fully saturated rings. The topological polar surface area (TPSA) is 129 Å². The molecular weight excluding hydrogens is 409 g/mol. The molecule has 4 rings (SSSR count). The molecule has 1 aromatic carbocycles. The van der Waals surface area contributed by atoms with Gasteiger partial charge in [-0.2, -0.15) is 9.97 Å². The first-order chi connectivity index (χ1) is 14.2. The SMILES string of the molecule is CCC(CN)=C1CN(c2nc(NS(C)(=O)=O)nc3[nH]c4c(NC)cc(F)cc4c23)C1. The van der Waals surface area contributed by atoms with Crippen molar-refractivity contribution in [2.45, 2.75) is 13.3 Å². The van der Waals surface area contributed by atoms with E-state index in [0.717, 1.165) is 12.7 Å². The Kier molecular flexibility index (Phi) is 5.02. The maximum Gasteiger partial charge on any atom is 0.240 e. The van der Waals surface area contributed by atoms with E-state index >= 15 is 0 Å². The van der Waals surface area contributed by atoms with Crippen molar-refractivity contribution in [1.82, 2.24) is 15.0 Å². The first-order valence-electron chi connectivity index (χ1n) is 9.57. The number of aromatic nitrogens is 3. The lowest BCUT2D eigenvalue weighted by atomic mass is 9.98. The summed E-state index contributed by atoms with van der Waals surface area (Å²) in [5.74, 6) is 0.115. The molecule has 1 saturated heterocycles. The summed E-state index contributed by atoms with van der Waals surface area (Å²) >= 11 is 0. The van der Waals surface area contributed by atoms with Gasteiger partial charge in [-0.15, -0.1) is 0 Å². The van der Waals surface area contributed by atoms with E-state index in [2.05, 4.69) is 31.9 Å². The summed E-state index contributed by atoms with van der Waals surface area (Å²) in [5.41, 5.74) is 9.96. The molecule has 1 aliphatic heterocycles. The summed E-state index contributed by atoms with van der Waals surface area (Å²) in [4.78, 5) is 14.0. The number of hydrogen-bond acceptors (Lipinski definition) is 7. The molecule has 1 aliphatic rings. The van der Waals surface area contributed by atoms with E-state index in [-0.39, 0.29) is 5.95 Å². The van der Waals surface area contributed by atoms with Gasteiger partial charge in [0.25, 0.3) is 0 Å². The zero-order valence-electron chi connectivity index (χ0n) is 17.0. The number of nitrogens with one attached hydrogen (secondary N) is 3. The van der Waals surface area contributed by atoms with Gasteiger partial charge in [0.15, 0.2) is 0 Å². The van der Waals surface area contributed by atoms with Crippen LogP contribution in [0.3, 0.4) is 0 Å². The number of aromatic amines is 1. The number of nitrogens with zero attached hydrogens (tertiary/aromatic N) is 3. The van der Waals surface area contributed by atoms with Crippen LogP contribution in [-0.4, -0.2) is 56.3 Å². The molecule has 2 aromatic heterocycles. The summed E-state index contributed by atoms with van der Waals surface area (Å²) in [6, 6.07) is 2.82. The number of halogens is 1. The molecule has 160 valence electrons. The van der Waals surface area contributed by atoms with Gasteiger partial charge >= 0.3 is 0 Å². The largest absolute Gasteiger partial charge is 0.386 e. The molecule has 30 heavy (non-hydrogen) atoms. The fraction of sp³-hybridized carbons (Fsp3) is 0.368. The molecule has 0 spiro atoms. The highest BCUT2D eigenvalue weighted by molar-refractivity contribution is 7.91. The number of fused-ring (bicyclic) bond motifs is 3. The number of sulfonamides is 1. The third-order valence-corrected chi connectivity index (χ3v) is 5.84. The van der Waals surface area contributed by atoms with Crippen molar-refractivity contribution in [1.29, 1.82) is 0 Å². The van der Waals surface area contributed by atoms with Crippen molar-refractivity contribution in [3.8, 4) is 0 Å². The van der Waals surface area contributed by atoms with Crippen LogP contribution >= 0.6 is 0 Å². The van der Waals surface area contributed by atoms with Gasteiger partial charge in [-0.25, -0.2) is 12.8 Å². The molecule has 0 amide bonds. The zero-order valence-corrected chi connectivity index (χ0v) is 17.8. The summed E-state index contributed by atoms with van der Waals surface area (Å²) in [6.45, 7) is 3.83. The Morgan fingerprint density at radius 2 is 2.07 bits per heavy atom. The van der Waals surface area contributed by atoms with Gasteiger partial charge < -0.3 is 20.9 Å². The van der Waals surface area contributed by atoms with Crippen LogP contribution in [0.4, 0.5) is 21.8 Å². The van der Waals surface area contributed by atoms with E-state index in [1.165, 1.54) is 23.3 Å². The normalized spacial score (nSPS) is 14.3. The van der Waals surface area contributed by atoms with Crippen molar-refractivity contribution < 1.29 is 12.8 Å². The van der Waals surface area contributed by atoms with Gasteiger partial charge in [0.1, 0.15) is 17.3 Å². The number of nitrogens with two attached hydrogens (primary N) is 1. The summed E-state index contributed by atoms with van der Waals surface area (Å²) < 4.78 is 40.1. The van der Waals surface area contributed by atoms with E-state index in [9.17, 15) is 12.8 Å². The van der Waals surface area contributed by atoms with Crippen LogP contribution < -0.4 is 20.7 Å². The standard InChI is InChI=1S/C19H24FN7O2S/c1-4-10(7-21)11-8-27(9-11)18-15-13-5-12(20)6-14(22-2)16(13)23-17(15)24-19(25-18)26-30(3,28)29/h5-6,22H,4,7-9,21H2,1-3H3,(H2,23,24,25,26). The highest BCUT2D eigenvalue weighted by atomic mass is 32.2. The van der Waals surface area contributed by atoms with Crippen LogP contribution in [0.5, 0.6) is 0 Å². The molecular formula is C19H24FN7O2S. The van der Waals surface area contributed by atoms with Crippen molar-refractivity contribution in [2.75, 3.05) is 47.9 Å². The van der Waals surface area contributed by atoms with Crippen molar-refractivity contribution in [3.63, 3.8) is 0 Å². The smallest absolute Gasteiger partial charge is 0.240 e. The number of anilines is 3. The van der Waals surface area contributed by atoms with Crippen molar-refractivity contribution in [2.24, 2.45) is 5.73 Å². The summed E-state index contributed by atoms with van der Waals surface area (Å²) in [6.07, 6.45) is 1.92. The Bertz CT molecular complexity index is 1270. The van der Waals surface area contributed by atoms with Gasteiger partial charge in [-0.05, 0) is 24.1 Å². The Balaban J connectivity index is 1.93. The average molecular weight is 434 g/mol. The van der Waals surface area contributed by atoms with Crippen LogP contribution in [0.1, 0.15) is 13.3 Å². The Labute approximate surface area is 173 Å². The van der Waals surface area contributed by atoms with Crippen LogP contribution in [0.2, 0.25) is 0 Å². The number of rotatable bonds is 6. The number of H-pyrrole nitrogens is 1. The highest BCUT2D eigenvalue weighted by Crippen LogP contribution is 2.38. The molecule has 0 radical (unpaired) electrons.